The first-order chi connectivity index (χ1) is 9.04. The fourth-order valence-electron chi connectivity index (χ4n) is 1.50. The van der Waals surface area contributed by atoms with Gasteiger partial charge in [0.1, 0.15) is 12.4 Å². The maximum Gasteiger partial charge on any atom is 0.272 e. The molecular weight excluding hydrogens is 290 g/mol. The molecule has 0 saturated carbocycles. The van der Waals surface area contributed by atoms with Crippen LogP contribution in [0, 0.1) is 5.92 Å². The Labute approximate surface area is 123 Å². The second kappa shape index (κ2) is 9.50. The summed E-state index contributed by atoms with van der Waals surface area (Å²) in [6.45, 7) is 1.61. The quantitative estimate of drug-likeness (QED) is 0.814. The van der Waals surface area contributed by atoms with Crippen molar-refractivity contribution in [2.24, 2.45) is 5.92 Å². The first-order valence-electron chi connectivity index (χ1n) is 6.00. The predicted molar refractivity (Wildman–Crippen MR) is 76.9 cm³/mol. The van der Waals surface area contributed by atoms with E-state index in [-0.39, 0.29) is 30.0 Å². The molecule has 0 heterocycles. The third kappa shape index (κ3) is 6.16. The summed E-state index contributed by atoms with van der Waals surface area (Å²) in [5.41, 5.74) is 0.399. The van der Waals surface area contributed by atoms with Crippen molar-refractivity contribution in [1.82, 2.24) is 5.32 Å². The number of amides is 1. The number of rotatable bonds is 7. The minimum Gasteiger partial charge on any atom is -0.485 e. The lowest BCUT2D eigenvalue weighted by molar-refractivity contribution is -0.119. The fraction of sp³-hybridized carbons (Fsp3) is 0.462. The van der Waals surface area contributed by atoms with Gasteiger partial charge in [-0.05, 0) is 19.2 Å². The van der Waals surface area contributed by atoms with Crippen LogP contribution in [0.1, 0.15) is 6.92 Å². The molecule has 0 spiro atoms. The molecule has 1 unspecified atom stereocenters. The molecule has 1 amide bonds. The van der Waals surface area contributed by atoms with Gasteiger partial charge >= 0.3 is 0 Å². The Kier molecular flexibility index (Phi) is 8.83. The first-order valence-corrected chi connectivity index (χ1v) is 6.00. The van der Waals surface area contributed by atoms with Crippen LogP contribution >= 0.6 is 12.4 Å². The monoisotopic (exact) mass is 308 g/mol. The largest absolute Gasteiger partial charge is 0.485 e. The minimum atomic E-state index is -2.55. The summed E-state index contributed by atoms with van der Waals surface area (Å²) in [4.78, 5) is 11.8. The Morgan fingerprint density at radius 2 is 2.00 bits per heavy atom. The van der Waals surface area contributed by atoms with E-state index in [0.717, 1.165) is 0 Å². The third-order valence-corrected chi connectivity index (χ3v) is 2.47. The van der Waals surface area contributed by atoms with Gasteiger partial charge in [0.15, 0.2) is 0 Å². The van der Waals surface area contributed by atoms with Crippen molar-refractivity contribution in [2.45, 2.75) is 13.3 Å². The van der Waals surface area contributed by atoms with Crippen LogP contribution in [0.25, 0.3) is 0 Å². The van der Waals surface area contributed by atoms with Gasteiger partial charge in [-0.3, -0.25) is 4.79 Å². The number of halogens is 3. The molecule has 4 nitrogen and oxygen atoms in total. The molecule has 1 aromatic carbocycles. The van der Waals surface area contributed by atoms with Gasteiger partial charge < -0.3 is 15.4 Å². The van der Waals surface area contributed by atoms with Crippen LogP contribution in [-0.4, -0.2) is 32.5 Å². The van der Waals surface area contributed by atoms with Gasteiger partial charge in [0.2, 0.25) is 5.91 Å². The maximum absolute atomic E-state index is 12.1. The van der Waals surface area contributed by atoms with E-state index >= 15 is 0 Å². The minimum absolute atomic E-state index is 0. The molecule has 0 radical (unpaired) electrons. The molecule has 1 aromatic rings. The molecule has 0 aliphatic carbocycles. The van der Waals surface area contributed by atoms with E-state index in [9.17, 15) is 13.6 Å². The van der Waals surface area contributed by atoms with E-state index in [0.29, 0.717) is 12.2 Å². The number of anilines is 1. The smallest absolute Gasteiger partial charge is 0.272 e. The van der Waals surface area contributed by atoms with Crippen LogP contribution in [0.2, 0.25) is 0 Å². The van der Waals surface area contributed by atoms with Gasteiger partial charge in [-0.25, -0.2) is 8.78 Å². The van der Waals surface area contributed by atoms with E-state index in [1.54, 1.807) is 38.2 Å². The number of benzene rings is 1. The van der Waals surface area contributed by atoms with Gasteiger partial charge in [0, 0.05) is 12.5 Å². The van der Waals surface area contributed by atoms with Crippen molar-refractivity contribution in [2.75, 3.05) is 25.5 Å². The van der Waals surface area contributed by atoms with E-state index in [1.807, 2.05) is 0 Å². The van der Waals surface area contributed by atoms with Crippen molar-refractivity contribution in [3.8, 4) is 5.75 Å². The Bertz CT molecular complexity index is 419. The topological polar surface area (TPSA) is 50.4 Å². The maximum atomic E-state index is 12.1. The van der Waals surface area contributed by atoms with Crippen LogP contribution in [0.15, 0.2) is 24.3 Å². The number of ether oxygens (including phenoxy) is 1. The number of hydrogen-bond acceptors (Lipinski definition) is 3. The van der Waals surface area contributed by atoms with Crippen molar-refractivity contribution < 1.29 is 18.3 Å². The summed E-state index contributed by atoms with van der Waals surface area (Å²) in [5.74, 6) is -0.177. The first kappa shape index (κ1) is 18.6. The predicted octanol–water partition coefficient (Wildman–Crippen LogP) is 2.55. The third-order valence-electron chi connectivity index (χ3n) is 2.47. The summed E-state index contributed by atoms with van der Waals surface area (Å²) < 4.78 is 29.2. The van der Waals surface area contributed by atoms with Crippen molar-refractivity contribution in [1.29, 1.82) is 0 Å². The summed E-state index contributed by atoms with van der Waals surface area (Å²) in [6.07, 6.45) is -2.55. The van der Waals surface area contributed by atoms with Crippen LogP contribution in [0.5, 0.6) is 5.75 Å². The highest BCUT2D eigenvalue weighted by molar-refractivity contribution is 5.93. The molecular formula is C13H19ClF2N2O2. The zero-order valence-corrected chi connectivity index (χ0v) is 12.2. The zero-order valence-electron chi connectivity index (χ0n) is 11.4. The Hall–Kier alpha value is -1.40. The van der Waals surface area contributed by atoms with E-state index < -0.39 is 13.0 Å². The molecule has 2 N–H and O–H groups in total. The average Bonchev–Trinajstić information content (AvgIpc) is 2.37. The second-order valence-electron chi connectivity index (χ2n) is 4.15. The van der Waals surface area contributed by atoms with Crippen LogP contribution in [0.4, 0.5) is 14.5 Å². The number of nitrogens with one attached hydrogen (secondary N) is 2. The van der Waals surface area contributed by atoms with E-state index in [2.05, 4.69) is 10.6 Å². The molecule has 20 heavy (non-hydrogen) atoms. The molecule has 7 heteroatoms. The van der Waals surface area contributed by atoms with Crippen molar-refractivity contribution in [3.63, 3.8) is 0 Å². The van der Waals surface area contributed by atoms with Crippen LogP contribution in [-0.2, 0) is 4.79 Å². The molecule has 0 aliphatic rings. The molecule has 0 saturated heterocycles. The Morgan fingerprint density at radius 3 is 2.60 bits per heavy atom. The summed E-state index contributed by atoms with van der Waals surface area (Å²) in [6, 6.07) is 6.52. The number of para-hydroxylation sites is 2. The molecule has 1 atom stereocenters. The molecule has 0 bridgehead atoms. The molecule has 1 rings (SSSR count). The highest BCUT2D eigenvalue weighted by atomic mass is 35.5. The SMILES string of the molecule is CNCC(C)C(=O)Nc1ccccc1OCC(F)F.Cl. The number of hydrogen-bond donors (Lipinski definition) is 2. The summed E-state index contributed by atoms with van der Waals surface area (Å²) in [7, 11) is 1.75. The van der Waals surface area contributed by atoms with Gasteiger partial charge in [-0.15, -0.1) is 12.4 Å². The lowest BCUT2D eigenvalue weighted by Crippen LogP contribution is -2.28. The highest BCUT2D eigenvalue weighted by Crippen LogP contribution is 2.24. The molecule has 0 aromatic heterocycles. The Balaban J connectivity index is 0.00000361. The van der Waals surface area contributed by atoms with Gasteiger partial charge in [-0.1, -0.05) is 19.1 Å². The number of carbonyl (C=O) groups is 1. The summed E-state index contributed by atoms with van der Waals surface area (Å²) >= 11 is 0. The fourth-order valence-corrected chi connectivity index (χ4v) is 1.50. The van der Waals surface area contributed by atoms with Gasteiger partial charge in [0.05, 0.1) is 5.69 Å². The van der Waals surface area contributed by atoms with Gasteiger partial charge in [0.25, 0.3) is 6.43 Å². The molecule has 114 valence electrons. The van der Waals surface area contributed by atoms with Crippen LogP contribution in [0.3, 0.4) is 0 Å². The summed E-state index contributed by atoms with van der Waals surface area (Å²) in [5, 5.41) is 5.57. The van der Waals surface area contributed by atoms with Gasteiger partial charge in [-0.2, -0.15) is 0 Å². The average molecular weight is 309 g/mol. The van der Waals surface area contributed by atoms with E-state index in [4.69, 9.17) is 4.74 Å². The van der Waals surface area contributed by atoms with E-state index in [1.165, 1.54) is 0 Å². The second-order valence-corrected chi connectivity index (χ2v) is 4.15. The van der Waals surface area contributed by atoms with Crippen molar-refractivity contribution in [3.05, 3.63) is 24.3 Å². The Morgan fingerprint density at radius 1 is 1.35 bits per heavy atom. The lowest BCUT2D eigenvalue weighted by Gasteiger charge is -2.15. The lowest BCUT2D eigenvalue weighted by atomic mass is 10.1. The molecule has 0 fully saturated rings. The highest BCUT2D eigenvalue weighted by Gasteiger charge is 2.14. The standard InChI is InChI=1S/C13H18F2N2O2.ClH/c1-9(7-16-2)13(18)17-10-5-3-4-6-11(10)19-8-12(14)15;/h3-6,9,12,16H,7-8H2,1-2H3,(H,17,18);1H. The molecule has 0 aliphatic heterocycles. The normalized spacial score (nSPS) is 11.7. The van der Waals surface area contributed by atoms with Crippen LogP contribution < -0.4 is 15.4 Å². The number of carbonyl (C=O) groups excluding carboxylic acids is 1. The zero-order chi connectivity index (χ0) is 14.3. The van der Waals surface area contributed by atoms with Crippen molar-refractivity contribution >= 4 is 24.0 Å². The number of alkyl halides is 2.